The minimum atomic E-state index is -3.67. The van der Waals surface area contributed by atoms with Crippen molar-refractivity contribution in [3.63, 3.8) is 0 Å². The lowest BCUT2D eigenvalue weighted by molar-refractivity contribution is 0.272. The topological polar surface area (TPSA) is 116 Å². The molecule has 0 bridgehead atoms. The second-order valence-electron chi connectivity index (χ2n) is 6.72. The molecule has 0 amide bonds. The summed E-state index contributed by atoms with van der Waals surface area (Å²) in [5.41, 5.74) is 3.62. The Balaban J connectivity index is 1.72. The number of benzene rings is 1. The standard InChI is InChI=1S/C20H18N3O4PS/c1-2-27-28(25,26)11-12-4-3-5-13(8-12)20-23-18-15-9-14(10-21)19(24)22-16(15)6-7-17(18)29-20/h3-5,8-9H,2,6-7,11H2,1H3,(H,22,24)(H,25,26). The maximum atomic E-state index is 12.1. The first-order valence-electron chi connectivity index (χ1n) is 9.12. The van der Waals surface area contributed by atoms with Gasteiger partial charge in [0.05, 0.1) is 18.5 Å². The van der Waals surface area contributed by atoms with Crippen LogP contribution in [-0.2, 0) is 28.1 Å². The molecule has 0 spiro atoms. The van der Waals surface area contributed by atoms with E-state index >= 15 is 0 Å². The summed E-state index contributed by atoms with van der Waals surface area (Å²) in [6.07, 6.45) is 1.39. The van der Waals surface area contributed by atoms with Gasteiger partial charge < -0.3 is 14.4 Å². The first-order valence-corrected chi connectivity index (χ1v) is 11.7. The van der Waals surface area contributed by atoms with Crippen LogP contribution in [0.25, 0.3) is 21.8 Å². The van der Waals surface area contributed by atoms with Gasteiger partial charge in [-0.25, -0.2) is 4.98 Å². The van der Waals surface area contributed by atoms with Gasteiger partial charge in [0.2, 0.25) is 0 Å². The molecular weight excluding hydrogens is 409 g/mol. The van der Waals surface area contributed by atoms with Crippen LogP contribution >= 0.6 is 18.9 Å². The van der Waals surface area contributed by atoms with Crippen molar-refractivity contribution in [3.8, 4) is 27.9 Å². The van der Waals surface area contributed by atoms with Gasteiger partial charge in [0, 0.05) is 21.7 Å². The first-order chi connectivity index (χ1) is 13.9. The number of hydrogen-bond acceptors (Lipinski definition) is 6. The molecule has 1 aromatic carbocycles. The second kappa shape index (κ2) is 7.69. The van der Waals surface area contributed by atoms with E-state index in [0.717, 1.165) is 38.8 Å². The van der Waals surface area contributed by atoms with Gasteiger partial charge in [0.15, 0.2) is 0 Å². The van der Waals surface area contributed by atoms with Crippen LogP contribution in [0.5, 0.6) is 0 Å². The van der Waals surface area contributed by atoms with Gasteiger partial charge in [-0.3, -0.25) is 9.36 Å². The number of nitriles is 1. The normalized spacial score (nSPS) is 14.5. The second-order valence-corrected chi connectivity index (χ2v) is 9.65. The average Bonchev–Trinajstić information content (AvgIpc) is 3.12. The van der Waals surface area contributed by atoms with Crippen molar-refractivity contribution >= 4 is 18.9 Å². The van der Waals surface area contributed by atoms with E-state index in [1.165, 1.54) is 0 Å². The molecule has 0 saturated heterocycles. The van der Waals surface area contributed by atoms with Gasteiger partial charge in [0.1, 0.15) is 16.6 Å². The number of nitrogens with one attached hydrogen (secondary N) is 1. The van der Waals surface area contributed by atoms with Gasteiger partial charge in [-0.05, 0) is 37.5 Å². The molecule has 29 heavy (non-hydrogen) atoms. The number of H-pyrrole nitrogens is 1. The predicted molar refractivity (Wildman–Crippen MR) is 111 cm³/mol. The lowest BCUT2D eigenvalue weighted by Gasteiger charge is -2.14. The smallest absolute Gasteiger partial charge is 0.324 e. The molecule has 1 aliphatic rings. The number of pyridine rings is 1. The fraction of sp³-hybridized carbons (Fsp3) is 0.250. The first kappa shape index (κ1) is 19.7. The summed E-state index contributed by atoms with van der Waals surface area (Å²) in [5.74, 6) is 0. The summed E-state index contributed by atoms with van der Waals surface area (Å²) < 4.78 is 17.0. The van der Waals surface area contributed by atoms with Crippen molar-refractivity contribution < 1.29 is 14.0 Å². The van der Waals surface area contributed by atoms with Crippen molar-refractivity contribution in [1.82, 2.24) is 9.97 Å². The molecule has 7 nitrogen and oxygen atoms in total. The van der Waals surface area contributed by atoms with Gasteiger partial charge in [-0.2, -0.15) is 5.26 Å². The van der Waals surface area contributed by atoms with E-state index in [2.05, 4.69) is 4.98 Å². The zero-order chi connectivity index (χ0) is 20.6. The fourth-order valence-electron chi connectivity index (χ4n) is 3.43. The number of aromatic amines is 1. The van der Waals surface area contributed by atoms with Crippen molar-refractivity contribution in [2.45, 2.75) is 25.9 Å². The fourth-order valence-corrected chi connectivity index (χ4v) is 5.66. The van der Waals surface area contributed by atoms with Crippen LogP contribution in [-0.4, -0.2) is 21.5 Å². The Kier molecular flexibility index (Phi) is 5.24. The summed E-state index contributed by atoms with van der Waals surface area (Å²) in [7, 11) is -3.67. The number of thiazole rings is 1. The molecule has 9 heteroatoms. The highest BCUT2D eigenvalue weighted by Crippen LogP contribution is 2.46. The molecule has 1 unspecified atom stereocenters. The molecule has 3 aromatic rings. The van der Waals surface area contributed by atoms with Gasteiger partial charge in [-0.1, -0.05) is 18.2 Å². The largest absolute Gasteiger partial charge is 0.332 e. The number of nitrogens with zero attached hydrogens (tertiary/aromatic N) is 2. The third-order valence-corrected chi connectivity index (χ3v) is 7.28. The molecule has 0 radical (unpaired) electrons. The number of fused-ring (bicyclic) bond motifs is 3. The molecule has 2 N–H and O–H groups in total. The predicted octanol–water partition coefficient (Wildman–Crippen LogP) is 3.86. The average molecular weight is 427 g/mol. The van der Waals surface area contributed by atoms with E-state index in [9.17, 15) is 19.5 Å². The minimum Gasteiger partial charge on any atom is -0.324 e. The Morgan fingerprint density at radius 2 is 2.21 bits per heavy atom. The van der Waals surface area contributed by atoms with Crippen LogP contribution in [0, 0.1) is 11.3 Å². The molecule has 148 valence electrons. The summed E-state index contributed by atoms with van der Waals surface area (Å²) in [4.78, 5) is 30.5. The van der Waals surface area contributed by atoms with Crippen LogP contribution in [0.1, 0.15) is 28.6 Å². The van der Waals surface area contributed by atoms with Crippen molar-refractivity contribution in [3.05, 3.63) is 62.4 Å². The highest BCUT2D eigenvalue weighted by Gasteiger charge is 2.24. The minimum absolute atomic E-state index is 0.0601. The lowest BCUT2D eigenvalue weighted by Crippen LogP contribution is -2.16. The monoisotopic (exact) mass is 427 g/mol. The quantitative estimate of drug-likeness (QED) is 0.598. The van der Waals surface area contributed by atoms with Gasteiger partial charge >= 0.3 is 7.60 Å². The molecule has 1 aliphatic carbocycles. The van der Waals surface area contributed by atoms with E-state index < -0.39 is 7.60 Å². The maximum Gasteiger partial charge on any atom is 0.332 e. The van der Waals surface area contributed by atoms with E-state index in [0.29, 0.717) is 12.0 Å². The molecule has 1 atom stereocenters. The SMILES string of the molecule is CCOP(=O)(O)Cc1cccc(-c2nc3c(s2)CCc2[nH]c(=O)c(C#N)cc2-3)c1. The molecule has 4 rings (SSSR count). The Labute approximate surface area is 171 Å². The Hall–Kier alpha value is -2.56. The van der Waals surface area contributed by atoms with Crippen LogP contribution in [0.15, 0.2) is 35.1 Å². The van der Waals surface area contributed by atoms with E-state index in [1.54, 1.807) is 30.4 Å². The molecule has 0 fully saturated rings. The zero-order valence-electron chi connectivity index (χ0n) is 15.6. The number of aromatic nitrogens is 2. The zero-order valence-corrected chi connectivity index (χ0v) is 17.3. The summed E-state index contributed by atoms with van der Waals surface area (Å²) in [6, 6.07) is 10.9. The van der Waals surface area contributed by atoms with Crippen LogP contribution in [0.3, 0.4) is 0 Å². The maximum absolute atomic E-state index is 12.1. The summed E-state index contributed by atoms with van der Waals surface area (Å²) >= 11 is 1.56. The Bertz CT molecular complexity index is 1240. The Morgan fingerprint density at radius 3 is 2.97 bits per heavy atom. The van der Waals surface area contributed by atoms with Gasteiger partial charge in [-0.15, -0.1) is 11.3 Å². The van der Waals surface area contributed by atoms with Gasteiger partial charge in [0.25, 0.3) is 5.56 Å². The van der Waals surface area contributed by atoms with Crippen LogP contribution < -0.4 is 5.56 Å². The molecule has 2 heterocycles. The summed E-state index contributed by atoms with van der Waals surface area (Å²) in [6.45, 7) is 1.86. The van der Waals surface area contributed by atoms with E-state index in [1.807, 2.05) is 24.3 Å². The van der Waals surface area contributed by atoms with Crippen LogP contribution in [0.4, 0.5) is 0 Å². The van der Waals surface area contributed by atoms with Crippen molar-refractivity contribution in [2.75, 3.05) is 6.61 Å². The van der Waals surface area contributed by atoms with Crippen molar-refractivity contribution in [2.24, 2.45) is 0 Å². The molecule has 2 aromatic heterocycles. The lowest BCUT2D eigenvalue weighted by atomic mass is 9.97. The number of aryl methyl sites for hydroxylation is 2. The highest BCUT2D eigenvalue weighted by atomic mass is 32.1. The van der Waals surface area contributed by atoms with E-state index in [-0.39, 0.29) is 23.9 Å². The molecule has 0 saturated carbocycles. The third-order valence-electron chi connectivity index (χ3n) is 4.68. The van der Waals surface area contributed by atoms with Crippen LogP contribution in [0.2, 0.25) is 0 Å². The van der Waals surface area contributed by atoms with E-state index in [4.69, 9.17) is 9.51 Å². The third kappa shape index (κ3) is 3.96. The number of hydrogen-bond donors (Lipinski definition) is 2. The molecular formula is C20H18N3O4PS. The summed E-state index contributed by atoms with van der Waals surface area (Å²) in [5, 5.41) is 9.96. The van der Waals surface area contributed by atoms with Crippen molar-refractivity contribution in [1.29, 1.82) is 5.26 Å². The highest BCUT2D eigenvalue weighted by molar-refractivity contribution is 7.51. The number of rotatable bonds is 5. The Morgan fingerprint density at radius 1 is 1.38 bits per heavy atom. The molecule has 0 aliphatic heterocycles.